The molecule has 18 heavy (non-hydrogen) atoms. The average molecular weight is 271 g/mol. The van der Waals surface area contributed by atoms with Crippen LogP contribution in [0.2, 0.25) is 0 Å². The van der Waals surface area contributed by atoms with Gasteiger partial charge in [-0.1, -0.05) is 13.8 Å². The summed E-state index contributed by atoms with van der Waals surface area (Å²) in [4.78, 5) is 0.246. The lowest BCUT2D eigenvalue weighted by Crippen LogP contribution is -2.30. The van der Waals surface area contributed by atoms with Gasteiger partial charge in [-0.15, -0.1) is 0 Å². The second-order valence-corrected chi connectivity index (χ2v) is 5.83. The van der Waals surface area contributed by atoms with E-state index in [1.165, 1.54) is 10.4 Å². The first-order chi connectivity index (χ1) is 8.59. The number of ether oxygens (including phenoxy) is 2. The third-order valence-electron chi connectivity index (χ3n) is 2.86. The van der Waals surface area contributed by atoms with E-state index in [0.29, 0.717) is 37.8 Å². The Morgan fingerprint density at radius 1 is 1.11 bits per heavy atom. The van der Waals surface area contributed by atoms with Gasteiger partial charge >= 0.3 is 0 Å². The Morgan fingerprint density at radius 2 is 1.72 bits per heavy atom. The van der Waals surface area contributed by atoms with Crippen molar-refractivity contribution in [1.82, 2.24) is 4.31 Å². The summed E-state index contributed by atoms with van der Waals surface area (Å²) >= 11 is 0. The molecule has 0 N–H and O–H groups in total. The number of fused-ring (bicyclic) bond motifs is 1. The van der Waals surface area contributed by atoms with E-state index in [1.807, 2.05) is 13.8 Å². The van der Waals surface area contributed by atoms with Gasteiger partial charge in [0, 0.05) is 19.2 Å². The van der Waals surface area contributed by atoms with Crippen LogP contribution in [0.4, 0.5) is 0 Å². The summed E-state index contributed by atoms with van der Waals surface area (Å²) in [6.45, 7) is 5.48. The molecular weight excluding hydrogens is 254 g/mol. The molecule has 6 heteroatoms. The Labute approximate surface area is 107 Å². The molecule has 1 aromatic rings. The van der Waals surface area contributed by atoms with Crippen LogP contribution in [0.5, 0.6) is 11.5 Å². The van der Waals surface area contributed by atoms with Crippen LogP contribution in [-0.2, 0) is 10.0 Å². The van der Waals surface area contributed by atoms with Gasteiger partial charge in [-0.25, -0.2) is 8.42 Å². The van der Waals surface area contributed by atoms with Gasteiger partial charge in [0.2, 0.25) is 10.0 Å². The van der Waals surface area contributed by atoms with Crippen molar-refractivity contribution in [2.45, 2.75) is 18.7 Å². The molecule has 100 valence electrons. The fourth-order valence-corrected chi connectivity index (χ4v) is 3.37. The summed E-state index contributed by atoms with van der Waals surface area (Å²) in [5.74, 6) is 1.09. The number of benzene rings is 1. The Bertz CT molecular complexity index is 523. The van der Waals surface area contributed by atoms with Crippen LogP contribution < -0.4 is 9.47 Å². The first-order valence-corrected chi connectivity index (χ1v) is 7.43. The lowest BCUT2D eigenvalue weighted by molar-refractivity contribution is 0.171. The minimum atomic E-state index is -3.44. The number of sulfonamides is 1. The van der Waals surface area contributed by atoms with E-state index >= 15 is 0 Å². The second kappa shape index (κ2) is 5.16. The molecule has 5 nitrogen and oxygen atoms in total. The molecule has 1 aromatic carbocycles. The summed E-state index contributed by atoms with van der Waals surface area (Å²) < 4.78 is 36.8. The molecule has 0 radical (unpaired) electrons. The van der Waals surface area contributed by atoms with Gasteiger partial charge in [0.25, 0.3) is 0 Å². The van der Waals surface area contributed by atoms with E-state index in [-0.39, 0.29) is 4.90 Å². The first-order valence-electron chi connectivity index (χ1n) is 5.99. The molecule has 1 aliphatic rings. The fraction of sp³-hybridized carbons (Fsp3) is 0.500. The van der Waals surface area contributed by atoms with E-state index in [1.54, 1.807) is 12.1 Å². The largest absolute Gasteiger partial charge is 0.486 e. The molecule has 0 aliphatic carbocycles. The normalized spacial score (nSPS) is 14.8. The first kappa shape index (κ1) is 13.2. The predicted molar refractivity (Wildman–Crippen MR) is 67.5 cm³/mol. The molecule has 0 bridgehead atoms. The number of hydrogen-bond acceptors (Lipinski definition) is 4. The predicted octanol–water partition coefficient (Wildman–Crippen LogP) is 1.49. The van der Waals surface area contributed by atoms with Crippen LogP contribution in [0.1, 0.15) is 13.8 Å². The van der Waals surface area contributed by atoms with Crippen molar-refractivity contribution in [2.24, 2.45) is 0 Å². The summed E-state index contributed by atoms with van der Waals surface area (Å²) in [7, 11) is -3.44. The smallest absolute Gasteiger partial charge is 0.243 e. The van der Waals surface area contributed by atoms with E-state index in [2.05, 4.69) is 0 Å². The molecular formula is C12H17NO4S. The SMILES string of the molecule is CCN(CC)S(=O)(=O)c1ccc2c(c1)OCCO2. The molecule has 2 rings (SSSR count). The summed E-state index contributed by atoms with van der Waals surface area (Å²) in [6, 6.07) is 4.73. The average Bonchev–Trinajstić information content (AvgIpc) is 2.39. The topological polar surface area (TPSA) is 55.8 Å². The Hall–Kier alpha value is -1.27. The molecule has 0 amide bonds. The molecule has 0 spiro atoms. The molecule has 0 saturated carbocycles. The monoisotopic (exact) mass is 271 g/mol. The van der Waals surface area contributed by atoms with Crippen LogP contribution in [0, 0.1) is 0 Å². The summed E-state index contributed by atoms with van der Waals surface area (Å²) in [6.07, 6.45) is 0. The highest BCUT2D eigenvalue weighted by molar-refractivity contribution is 7.89. The van der Waals surface area contributed by atoms with Gasteiger partial charge < -0.3 is 9.47 Å². The van der Waals surface area contributed by atoms with Gasteiger partial charge in [0.15, 0.2) is 11.5 Å². The maximum absolute atomic E-state index is 12.3. The van der Waals surface area contributed by atoms with Gasteiger partial charge in [-0.3, -0.25) is 0 Å². The lowest BCUT2D eigenvalue weighted by atomic mass is 10.3. The van der Waals surface area contributed by atoms with Crippen molar-refractivity contribution in [2.75, 3.05) is 26.3 Å². The van der Waals surface area contributed by atoms with Crippen LogP contribution in [0.25, 0.3) is 0 Å². The molecule has 1 aliphatic heterocycles. The molecule has 0 unspecified atom stereocenters. The van der Waals surface area contributed by atoms with Crippen molar-refractivity contribution >= 4 is 10.0 Å². The van der Waals surface area contributed by atoms with Gasteiger partial charge in [-0.05, 0) is 12.1 Å². The van der Waals surface area contributed by atoms with Crippen molar-refractivity contribution < 1.29 is 17.9 Å². The maximum atomic E-state index is 12.3. The summed E-state index contributed by atoms with van der Waals surface area (Å²) in [5.41, 5.74) is 0. The zero-order valence-electron chi connectivity index (χ0n) is 10.5. The number of rotatable bonds is 4. The molecule has 0 saturated heterocycles. The number of nitrogens with zero attached hydrogens (tertiary/aromatic N) is 1. The minimum Gasteiger partial charge on any atom is -0.486 e. The Kier molecular flexibility index (Phi) is 3.77. The highest BCUT2D eigenvalue weighted by Gasteiger charge is 2.24. The van der Waals surface area contributed by atoms with Crippen LogP contribution in [-0.4, -0.2) is 39.0 Å². The van der Waals surface area contributed by atoms with Crippen molar-refractivity contribution in [3.8, 4) is 11.5 Å². The lowest BCUT2D eigenvalue weighted by Gasteiger charge is -2.21. The second-order valence-electron chi connectivity index (χ2n) is 3.89. The maximum Gasteiger partial charge on any atom is 0.243 e. The molecule has 0 atom stereocenters. The minimum absolute atomic E-state index is 0.246. The zero-order chi connectivity index (χ0) is 13.2. The quantitative estimate of drug-likeness (QED) is 0.832. The van der Waals surface area contributed by atoms with Crippen LogP contribution in [0.3, 0.4) is 0 Å². The summed E-state index contributed by atoms with van der Waals surface area (Å²) in [5, 5.41) is 0. The molecule has 0 fully saturated rings. The van der Waals surface area contributed by atoms with Gasteiger partial charge in [-0.2, -0.15) is 4.31 Å². The van der Waals surface area contributed by atoms with Crippen molar-refractivity contribution in [3.63, 3.8) is 0 Å². The molecule has 1 heterocycles. The van der Waals surface area contributed by atoms with Crippen molar-refractivity contribution in [1.29, 1.82) is 0 Å². The zero-order valence-corrected chi connectivity index (χ0v) is 11.4. The van der Waals surface area contributed by atoms with E-state index in [4.69, 9.17) is 9.47 Å². The van der Waals surface area contributed by atoms with E-state index < -0.39 is 10.0 Å². The third kappa shape index (κ3) is 2.30. The highest BCUT2D eigenvalue weighted by Crippen LogP contribution is 2.33. The molecule has 0 aromatic heterocycles. The van der Waals surface area contributed by atoms with Crippen LogP contribution in [0.15, 0.2) is 23.1 Å². The highest BCUT2D eigenvalue weighted by atomic mass is 32.2. The van der Waals surface area contributed by atoms with E-state index in [9.17, 15) is 8.42 Å². The third-order valence-corrected chi connectivity index (χ3v) is 4.90. The van der Waals surface area contributed by atoms with Gasteiger partial charge in [0.05, 0.1) is 4.90 Å². The number of hydrogen-bond donors (Lipinski definition) is 0. The van der Waals surface area contributed by atoms with Gasteiger partial charge in [0.1, 0.15) is 13.2 Å². The Balaban J connectivity index is 2.39. The standard InChI is InChI=1S/C12H17NO4S/c1-3-13(4-2)18(14,15)10-5-6-11-12(9-10)17-8-7-16-11/h5-6,9H,3-4,7-8H2,1-2H3. The van der Waals surface area contributed by atoms with E-state index in [0.717, 1.165) is 0 Å². The van der Waals surface area contributed by atoms with Crippen molar-refractivity contribution in [3.05, 3.63) is 18.2 Å². The fourth-order valence-electron chi connectivity index (χ4n) is 1.90. The van der Waals surface area contributed by atoms with Crippen LogP contribution >= 0.6 is 0 Å². The Morgan fingerprint density at radius 3 is 2.33 bits per heavy atom.